The van der Waals surface area contributed by atoms with Crippen molar-refractivity contribution in [3.05, 3.63) is 24.2 Å². The van der Waals surface area contributed by atoms with Gasteiger partial charge in [-0.15, -0.1) is 0 Å². The minimum Gasteiger partial charge on any atom is -0.468 e. The molecule has 1 heterocycles. The van der Waals surface area contributed by atoms with Gasteiger partial charge in [-0.1, -0.05) is 19.3 Å². The molecule has 1 unspecified atom stereocenters. The van der Waals surface area contributed by atoms with E-state index >= 15 is 0 Å². The summed E-state index contributed by atoms with van der Waals surface area (Å²) in [5, 5.41) is 6.01. The van der Waals surface area contributed by atoms with Crippen molar-refractivity contribution in [1.82, 2.24) is 15.5 Å². The molecule has 2 N–H and O–H groups in total. The highest BCUT2D eigenvalue weighted by Crippen LogP contribution is 2.18. The van der Waals surface area contributed by atoms with Gasteiger partial charge >= 0.3 is 6.03 Å². The minimum atomic E-state index is -0.0738. The van der Waals surface area contributed by atoms with E-state index in [0.717, 1.165) is 18.6 Å². The number of urea groups is 1. The number of hydrogen-bond acceptors (Lipinski definition) is 3. The van der Waals surface area contributed by atoms with Crippen molar-refractivity contribution in [1.29, 1.82) is 0 Å². The van der Waals surface area contributed by atoms with Gasteiger partial charge in [0.1, 0.15) is 5.76 Å². The second kappa shape index (κ2) is 7.33. The van der Waals surface area contributed by atoms with E-state index < -0.39 is 0 Å². The molecule has 5 heteroatoms. The van der Waals surface area contributed by atoms with Gasteiger partial charge in [-0.25, -0.2) is 4.79 Å². The maximum absolute atomic E-state index is 11.9. The van der Waals surface area contributed by atoms with E-state index in [1.54, 1.807) is 6.26 Å². The molecule has 1 aromatic heterocycles. The third kappa shape index (κ3) is 4.27. The molecule has 1 aromatic rings. The Bertz CT molecular complexity index is 397. The standard InChI is InChI=1S/C15H25N3O2/c1-18(2)13(14-9-6-10-20-14)11-16-15(19)17-12-7-4-3-5-8-12/h6,9-10,12-13H,3-5,7-8,11H2,1-2H3,(H2,16,17,19). The van der Waals surface area contributed by atoms with Gasteiger partial charge in [-0.05, 0) is 39.1 Å². The summed E-state index contributed by atoms with van der Waals surface area (Å²) in [4.78, 5) is 14.0. The molecule has 2 rings (SSSR count). The zero-order valence-corrected chi connectivity index (χ0v) is 12.4. The highest BCUT2D eigenvalue weighted by molar-refractivity contribution is 5.74. The fourth-order valence-corrected chi connectivity index (χ4v) is 2.69. The number of hydrogen-bond donors (Lipinski definition) is 2. The van der Waals surface area contributed by atoms with Crippen molar-refractivity contribution in [2.24, 2.45) is 0 Å². The molecule has 0 aromatic carbocycles. The molecule has 1 atom stereocenters. The second-order valence-corrected chi connectivity index (χ2v) is 5.68. The Kier molecular flexibility index (Phi) is 5.47. The lowest BCUT2D eigenvalue weighted by Gasteiger charge is -2.25. The molecule has 0 radical (unpaired) electrons. The Morgan fingerprint density at radius 3 is 2.75 bits per heavy atom. The summed E-state index contributed by atoms with van der Waals surface area (Å²) in [7, 11) is 3.96. The number of furan rings is 1. The summed E-state index contributed by atoms with van der Waals surface area (Å²) < 4.78 is 5.43. The summed E-state index contributed by atoms with van der Waals surface area (Å²) in [5.41, 5.74) is 0. The second-order valence-electron chi connectivity index (χ2n) is 5.68. The van der Waals surface area contributed by atoms with Crippen LogP contribution in [0.4, 0.5) is 4.79 Å². The van der Waals surface area contributed by atoms with Crippen molar-refractivity contribution in [2.45, 2.75) is 44.2 Å². The van der Waals surface area contributed by atoms with Crippen molar-refractivity contribution in [3.63, 3.8) is 0 Å². The zero-order chi connectivity index (χ0) is 14.4. The Morgan fingerprint density at radius 2 is 2.15 bits per heavy atom. The number of nitrogens with one attached hydrogen (secondary N) is 2. The first-order valence-corrected chi connectivity index (χ1v) is 7.41. The molecular weight excluding hydrogens is 254 g/mol. The summed E-state index contributed by atoms with van der Waals surface area (Å²) in [6.45, 7) is 0.541. The van der Waals surface area contributed by atoms with E-state index in [9.17, 15) is 4.79 Å². The van der Waals surface area contributed by atoms with Crippen LogP contribution in [-0.4, -0.2) is 37.6 Å². The maximum atomic E-state index is 11.9. The molecule has 1 fully saturated rings. The number of rotatable bonds is 5. The Morgan fingerprint density at radius 1 is 1.40 bits per heavy atom. The van der Waals surface area contributed by atoms with Crippen LogP contribution < -0.4 is 10.6 Å². The van der Waals surface area contributed by atoms with E-state index in [1.165, 1.54) is 19.3 Å². The first-order valence-electron chi connectivity index (χ1n) is 7.41. The van der Waals surface area contributed by atoms with E-state index in [0.29, 0.717) is 12.6 Å². The molecule has 0 aliphatic heterocycles. The van der Waals surface area contributed by atoms with Crippen molar-refractivity contribution < 1.29 is 9.21 Å². The Hall–Kier alpha value is -1.49. The highest BCUT2D eigenvalue weighted by atomic mass is 16.3. The van der Waals surface area contributed by atoms with Gasteiger partial charge in [-0.2, -0.15) is 0 Å². The highest BCUT2D eigenvalue weighted by Gasteiger charge is 2.19. The SMILES string of the molecule is CN(C)C(CNC(=O)NC1CCCCC1)c1ccco1. The van der Waals surface area contributed by atoms with Crippen LogP contribution in [0.3, 0.4) is 0 Å². The van der Waals surface area contributed by atoms with E-state index in [1.807, 2.05) is 31.1 Å². The molecule has 112 valence electrons. The fraction of sp³-hybridized carbons (Fsp3) is 0.667. The molecule has 20 heavy (non-hydrogen) atoms. The molecule has 5 nitrogen and oxygen atoms in total. The van der Waals surface area contributed by atoms with Gasteiger partial charge in [0.2, 0.25) is 0 Å². The lowest BCUT2D eigenvalue weighted by Crippen LogP contribution is -2.45. The summed E-state index contributed by atoms with van der Waals surface area (Å²) in [6.07, 6.45) is 7.59. The van der Waals surface area contributed by atoms with Gasteiger partial charge in [-0.3, -0.25) is 4.90 Å². The van der Waals surface area contributed by atoms with Crippen LogP contribution in [0.15, 0.2) is 22.8 Å². The molecule has 1 aliphatic carbocycles. The average molecular weight is 279 g/mol. The maximum Gasteiger partial charge on any atom is 0.315 e. The van der Waals surface area contributed by atoms with Crippen LogP contribution in [0.25, 0.3) is 0 Å². The lowest BCUT2D eigenvalue weighted by molar-refractivity contribution is 0.219. The lowest BCUT2D eigenvalue weighted by atomic mass is 9.96. The minimum absolute atomic E-state index is 0.0575. The monoisotopic (exact) mass is 279 g/mol. The van der Waals surface area contributed by atoms with Crippen molar-refractivity contribution in [3.8, 4) is 0 Å². The first-order chi connectivity index (χ1) is 9.66. The quantitative estimate of drug-likeness (QED) is 0.870. The van der Waals surface area contributed by atoms with Gasteiger partial charge in [0.15, 0.2) is 0 Å². The normalized spacial score (nSPS) is 17.9. The van der Waals surface area contributed by atoms with E-state index in [-0.39, 0.29) is 12.1 Å². The van der Waals surface area contributed by atoms with Crippen LogP contribution >= 0.6 is 0 Å². The molecule has 0 spiro atoms. The average Bonchev–Trinajstić information content (AvgIpc) is 2.93. The largest absolute Gasteiger partial charge is 0.468 e. The van der Waals surface area contributed by atoms with Crippen LogP contribution in [-0.2, 0) is 0 Å². The third-order valence-corrected chi connectivity index (χ3v) is 3.89. The number of nitrogens with zero attached hydrogens (tertiary/aromatic N) is 1. The summed E-state index contributed by atoms with van der Waals surface area (Å²) in [6, 6.07) is 4.13. The number of amides is 2. The van der Waals surface area contributed by atoms with Gasteiger partial charge < -0.3 is 15.1 Å². The predicted molar refractivity (Wildman–Crippen MR) is 78.5 cm³/mol. The van der Waals surface area contributed by atoms with Gasteiger partial charge in [0.05, 0.1) is 12.3 Å². The molecule has 2 amide bonds. The smallest absolute Gasteiger partial charge is 0.315 e. The summed E-state index contributed by atoms with van der Waals surface area (Å²) >= 11 is 0. The van der Waals surface area contributed by atoms with Crippen molar-refractivity contribution >= 4 is 6.03 Å². The van der Waals surface area contributed by atoms with Crippen molar-refractivity contribution in [2.75, 3.05) is 20.6 Å². The van der Waals surface area contributed by atoms with E-state index in [4.69, 9.17) is 4.42 Å². The zero-order valence-electron chi connectivity index (χ0n) is 12.4. The molecule has 1 aliphatic rings. The Labute approximate surface area is 120 Å². The predicted octanol–water partition coefficient (Wildman–Crippen LogP) is 2.51. The molecule has 0 saturated heterocycles. The third-order valence-electron chi connectivity index (χ3n) is 3.89. The van der Waals surface area contributed by atoms with Crippen LogP contribution in [0.5, 0.6) is 0 Å². The van der Waals surface area contributed by atoms with Crippen LogP contribution in [0.2, 0.25) is 0 Å². The topological polar surface area (TPSA) is 57.5 Å². The number of carbonyl (C=O) groups excluding carboxylic acids is 1. The first kappa shape index (κ1) is 14.9. The summed E-state index contributed by atoms with van der Waals surface area (Å²) in [5.74, 6) is 0.868. The number of carbonyl (C=O) groups is 1. The van der Waals surface area contributed by atoms with Gasteiger partial charge in [0, 0.05) is 12.6 Å². The molecule has 0 bridgehead atoms. The van der Waals surface area contributed by atoms with Gasteiger partial charge in [0.25, 0.3) is 0 Å². The van der Waals surface area contributed by atoms with Crippen LogP contribution in [0, 0.1) is 0 Å². The Balaban J connectivity index is 1.78. The van der Waals surface area contributed by atoms with E-state index in [2.05, 4.69) is 10.6 Å². The van der Waals surface area contributed by atoms with Crippen LogP contribution in [0.1, 0.15) is 43.9 Å². The fourth-order valence-electron chi connectivity index (χ4n) is 2.69. The molecule has 1 saturated carbocycles. The molecular formula is C15H25N3O2. The number of likely N-dealkylation sites (N-methyl/N-ethyl adjacent to an activating group) is 1.